The number of nitrogen functional groups attached to an aromatic ring is 1. The van der Waals surface area contributed by atoms with E-state index in [0.717, 1.165) is 16.9 Å². The summed E-state index contributed by atoms with van der Waals surface area (Å²) in [6.07, 6.45) is 0. The predicted octanol–water partition coefficient (Wildman–Crippen LogP) is 2.89. The van der Waals surface area contributed by atoms with Crippen LogP contribution in [0.5, 0.6) is 0 Å². The van der Waals surface area contributed by atoms with Crippen LogP contribution in [0.1, 0.15) is 5.56 Å². The molecule has 0 saturated carbocycles. The van der Waals surface area contributed by atoms with Gasteiger partial charge in [-0.3, -0.25) is 0 Å². The number of hydrogen-bond donors (Lipinski definition) is 1. The van der Waals surface area contributed by atoms with Gasteiger partial charge in [-0.05, 0) is 31.2 Å². The maximum absolute atomic E-state index is 6.23. The second kappa shape index (κ2) is 5.52. The van der Waals surface area contributed by atoms with Crippen molar-refractivity contribution in [3.8, 4) is 16.9 Å². The molecule has 2 aromatic carbocycles. The van der Waals surface area contributed by atoms with Crippen LogP contribution in [-0.4, -0.2) is 29.1 Å². The Kier molecular flexibility index (Phi) is 3.55. The molecule has 2 N–H and O–H groups in total. The molecule has 0 fully saturated rings. The number of nitrogens with two attached hydrogens (primary N) is 1. The molecule has 1 heterocycles. The number of aryl methyl sites for hydroxylation is 1. The highest BCUT2D eigenvalue weighted by molar-refractivity contribution is 5.71. The number of benzene rings is 2. The lowest BCUT2D eigenvalue weighted by atomic mass is 10.1. The molecule has 5 heteroatoms. The summed E-state index contributed by atoms with van der Waals surface area (Å²) in [5, 5.41) is 8.41. The van der Waals surface area contributed by atoms with Gasteiger partial charge in [0.2, 0.25) is 0 Å². The molecule has 1 aromatic heterocycles. The third kappa shape index (κ3) is 2.53. The molecule has 22 heavy (non-hydrogen) atoms. The molecule has 0 aliphatic carbocycles. The van der Waals surface area contributed by atoms with Crippen LogP contribution in [0.15, 0.2) is 48.5 Å². The van der Waals surface area contributed by atoms with E-state index >= 15 is 0 Å². The standard InChI is InChI=1S/C17H19N5/c1-12-4-6-13(7-5-12)16-17(18)22(20-19-16)15-10-8-14(9-11-15)21(2)3/h4-11H,18H2,1-3H3. The first-order chi connectivity index (χ1) is 10.6. The topological polar surface area (TPSA) is 60.0 Å². The van der Waals surface area contributed by atoms with Crippen molar-refractivity contribution in [2.75, 3.05) is 24.7 Å². The lowest BCUT2D eigenvalue weighted by Crippen LogP contribution is -2.09. The van der Waals surface area contributed by atoms with Crippen LogP contribution < -0.4 is 10.6 Å². The lowest BCUT2D eigenvalue weighted by Gasteiger charge is -2.12. The second-order valence-corrected chi connectivity index (χ2v) is 5.51. The molecule has 0 radical (unpaired) electrons. The first kappa shape index (κ1) is 14.1. The van der Waals surface area contributed by atoms with E-state index in [0.29, 0.717) is 11.5 Å². The maximum atomic E-state index is 6.23. The Morgan fingerprint density at radius 2 is 1.59 bits per heavy atom. The highest BCUT2D eigenvalue weighted by Gasteiger charge is 2.13. The minimum Gasteiger partial charge on any atom is -0.382 e. The van der Waals surface area contributed by atoms with E-state index in [1.165, 1.54) is 5.56 Å². The third-order valence-corrected chi connectivity index (χ3v) is 3.64. The van der Waals surface area contributed by atoms with Crippen molar-refractivity contribution < 1.29 is 0 Å². The first-order valence-corrected chi connectivity index (χ1v) is 7.12. The predicted molar refractivity (Wildman–Crippen MR) is 90.3 cm³/mol. The van der Waals surface area contributed by atoms with Crippen molar-refractivity contribution in [3.05, 3.63) is 54.1 Å². The maximum Gasteiger partial charge on any atom is 0.155 e. The Morgan fingerprint density at radius 1 is 0.955 bits per heavy atom. The minimum absolute atomic E-state index is 0.543. The molecule has 3 rings (SSSR count). The highest BCUT2D eigenvalue weighted by Crippen LogP contribution is 2.26. The SMILES string of the molecule is Cc1ccc(-c2nnn(-c3ccc(N(C)C)cc3)c2N)cc1. The van der Waals surface area contributed by atoms with Gasteiger partial charge in [0.05, 0.1) is 5.69 Å². The summed E-state index contributed by atoms with van der Waals surface area (Å²) in [4.78, 5) is 2.05. The monoisotopic (exact) mass is 293 g/mol. The van der Waals surface area contributed by atoms with Crippen molar-refractivity contribution >= 4 is 11.5 Å². The van der Waals surface area contributed by atoms with E-state index in [1.54, 1.807) is 4.68 Å². The van der Waals surface area contributed by atoms with Crippen LogP contribution in [0, 0.1) is 6.92 Å². The average molecular weight is 293 g/mol. The summed E-state index contributed by atoms with van der Waals surface area (Å²) < 4.78 is 1.66. The van der Waals surface area contributed by atoms with Gasteiger partial charge in [0, 0.05) is 25.3 Å². The largest absolute Gasteiger partial charge is 0.382 e. The Balaban J connectivity index is 1.98. The highest BCUT2D eigenvalue weighted by atomic mass is 15.5. The lowest BCUT2D eigenvalue weighted by molar-refractivity contribution is 0.810. The normalized spacial score (nSPS) is 10.7. The fraction of sp³-hybridized carbons (Fsp3) is 0.176. The van der Waals surface area contributed by atoms with Gasteiger partial charge >= 0.3 is 0 Å². The van der Waals surface area contributed by atoms with Crippen LogP contribution in [0.4, 0.5) is 11.5 Å². The van der Waals surface area contributed by atoms with E-state index in [9.17, 15) is 0 Å². The number of anilines is 2. The van der Waals surface area contributed by atoms with Crippen molar-refractivity contribution in [3.63, 3.8) is 0 Å². The summed E-state index contributed by atoms with van der Waals surface area (Å²) in [5.74, 6) is 0.543. The zero-order chi connectivity index (χ0) is 15.7. The van der Waals surface area contributed by atoms with E-state index in [1.807, 2.05) is 67.5 Å². The van der Waals surface area contributed by atoms with Crippen LogP contribution >= 0.6 is 0 Å². The van der Waals surface area contributed by atoms with Gasteiger partial charge in [-0.2, -0.15) is 4.68 Å². The number of nitrogens with zero attached hydrogens (tertiary/aromatic N) is 4. The number of hydrogen-bond acceptors (Lipinski definition) is 4. The van der Waals surface area contributed by atoms with Crippen LogP contribution in [0.25, 0.3) is 16.9 Å². The van der Waals surface area contributed by atoms with Gasteiger partial charge in [-0.1, -0.05) is 35.0 Å². The smallest absolute Gasteiger partial charge is 0.155 e. The molecule has 0 aliphatic rings. The van der Waals surface area contributed by atoms with Crippen LogP contribution in [0.2, 0.25) is 0 Å². The molecular weight excluding hydrogens is 274 g/mol. The summed E-state index contributed by atoms with van der Waals surface area (Å²) >= 11 is 0. The zero-order valence-corrected chi connectivity index (χ0v) is 13.0. The van der Waals surface area contributed by atoms with Crippen LogP contribution in [0.3, 0.4) is 0 Å². The quantitative estimate of drug-likeness (QED) is 0.806. The van der Waals surface area contributed by atoms with Crippen molar-refractivity contribution in [1.82, 2.24) is 15.0 Å². The van der Waals surface area contributed by atoms with E-state index in [-0.39, 0.29) is 0 Å². The van der Waals surface area contributed by atoms with E-state index in [2.05, 4.69) is 17.2 Å². The number of aromatic nitrogens is 3. The molecule has 0 bridgehead atoms. The fourth-order valence-corrected chi connectivity index (χ4v) is 2.29. The third-order valence-electron chi connectivity index (χ3n) is 3.64. The van der Waals surface area contributed by atoms with Gasteiger partial charge in [0.1, 0.15) is 5.69 Å². The van der Waals surface area contributed by atoms with Gasteiger partial charge in [-0.15, -0.1) is 5.10 Å². The molecule has 0 amide bonds. The van der Waals surface area contributed by atoms with Gasteiger partial charge in [-0.25, -0.2) is 0 Å². The van der Waals surface area contributed by atoms with Crippen molar-refractivity contribution in [2.45, 2.75) is 6.92 Å². The molecule has 5 nitrogen and oxygen atoms in total. The molecule has 0 aliphatic heterocycles. The van der Waals surface area contributed by atoms with Gasteiger partial charge in [0.25, 0.3) is 0 Å². The summed E-state index contributed by atoms with van der Waals surface area (Å²) in [5.41, 5.74) is 11.1. The molecule has 0 atom stereocenters. The molecule has 0 unspecified atom stereocenters. The Bertz CT molecular complexity index is 770. The van der Waals surface area contributed by atoms with Crippen molar-refractivity contribution in [1.29, 1.82) is 0 Å². The van der Waals surface area contributed by atoms with Crippen molar-refractivity contribution in [2.24, 2.45) is 0 Å². The van der Waals surface area contributed by atoms with Gasteiger partial charge in [0.15, 0.2) is 5.82 Å². The molecule has 3 aromatic rings. The number of rotatable bonds is 3. The Labute approximate surface area is 130 Å². The van der Waals surface area contributed by atoms with Gasteiger partial charge < -0.3 is 10.6 Å². The summed E-state index contributed by atoms with van der Waals surface area (Å²) in [6.45, 7) is 2.05. The van der Waals surface area contributed by atoms with E-state index in [4.69, 9.17) is 5.73 Å². The average Bonchev–Trinajstić information content (AvgIpc) is 2.90. The molecular formula is C17H19N5. The molecule has 112 valence electrons. The van der Waals surface area contributed by atoms with Crippen LogP contribution in [-0.2, 0) is 0 Å². The molecule has 0 spiro atoms. The Morgan fingerprint density at radius 3 is 2.18 bits per heavy atom. The first-order valence-electron chi connectivity index (χ1n) is 7.12. The summed E-state index contributed by atoms with van der Waals surface area (Å²) in [6, 6.07) is 16.1. The zero-order valence-electron chi connectivity index (χ0n) is 13.0. The summed E-state index contributed by atoms with van der Waals surface area (Å²) in [7, 11) is 4.02. The minimum atomic E-state index is 0.543. The molecule has 0 saturated heterocycles. The fourth-order valence-electron chi connectivity index (χ4n) is 2.29. The van der Waals surface area contributed by atoms with E-state index < -0.39 is 0 Å². The second-order valence-electron chi connectivity index (χ2n) is 5.51. The Hall–Kier alpha value is -2.82.